The minimum atomic E-state index is -0.636. The third-order valence-corrected chi connectivity index (χ3v) is 6.74. The van der Waals surface area contributed by atoms with Gasteiger partial charge in [0.2, 0.25) is 0 Å². The fourth-order valence-corrected chi connectivity index (χ4v) is 5.37. The molecule has 1 saturated heterocycles. The molecule has 1 aromatic heterocycles. The highest BCUT2D eigenvalue weighted by Crippen LogP contribution is 2.51. The Morgan fingerprint density at radius 3 is 2.76 bits per heavy atom. The highest BCUT2D eigenvalue weighted by molar-refractivity contribution is 7.16. The van der Waals surface area contributed by atoms with Crippen LogP contribution in [-0.4, -0.2) is 40.9 Å². The smallest absolute Gasteiger partial charge is 0.410 e. The molecule has 1 amide bonds. The van der Waals surface area contributed by atoms with Crippen LogP contribution in [0.5, 0.6) is 0 Å². The highest BCUT2D eigenvalue weighted by atomic mass is 35.5. The number of aliphatic hydroxyl groups is 1. The first kappa shape index (κ1) is 19.0. The molecule has 0 aromatic carbocycles. The average molecular weight is 388 g/mol. The molecule has 2 aliphatic heterocycles. The number of aliphatic hydroxyl groups excluding tert-OH is 1. The number of nitrogens with zero attached hydrogens (tertiary/aromatic N) is 1. The van der Waals surface area contributed by atoms with Crippen LogP contribution in [-0.2, 0) is 15.1 Å². The Morgan fingerprint density at radius 2 is 2.16 bits per heavy atom. The van der Waals surface area contributed by atoms with Crippen LogP contribution in [0, 0.1) is 6.92 Å². The summed E-state index contributed by atoms with van der Waals surface area (Å²) in [6.07, 6.45) is 0.421. The first-order valence-corrected chi connectivity index (χ1v) is 9.84. The largest absolute Gasteiger partial charge is 0.444 e. The van der Waals surface area contributed by atoms with Crippen LogP contribution in [0.3, 0.4) is 0 Å². The van der Waals surface area contributed by atoms with E-state index >= 15 is 0 Å². The number of carbonyl (C=O) groups excluding carboxylic acids is 1. The molecule has 3 atom stereocenters. The zero-order valence-corrected chi connectivity index (χ0v) is 17.0. The number of rotatable bonds is 0. The van der Waals surface area contributed by atoms with Crippen molar-refractivity contribution in [2.24, 2.45) is 0 Å². The van der Waals surface area contributed by atoms with Crippen molar-refractivity contribution in [3.8, 4) is 0 Å². The van der Waals surface area contributed by atoms with Crippen molar-refractivity contribution in [3.63, 3.8) is 0 Å². The maximum absolute atomic E-state index is 12.5. The predicted octanol–water partition coefficient (Wildman–Crippen LogP) is 4.39. The molecule has 0 radical (unpaired) electrons. The van der Waals surface area contributed by atoms with E-state index in [1.165, 1.54) is 11.3 Å². The number of carbonyl (C=O) groups is 1. The summed E-state index contributed by atoms with van der Waals surface area (Å²) in [5, 5.41) is 10.3. The number of fused-ring (bicyclic) bond motifs is 2. The van der Waals surface area contributed by atoms with E-state index in [-0.39, 0.29) is 18.7 Å². The molecule has 0 bridgehead atoms. The van der Waals surface area contributed by atoms with Crippen molar-refractivity contribution < 1.29 is 19.4 Å². The lowest BCUT2D eigenvalue weighted by molar-refractivity contribution is -0.136. The van der Waals surface area contributed by atoms with E-state index in [1.54, 1.807) is 4.90 Å². The van der Waals surface area contributed by atoms with Crippen LogP contribution < -0.4 is 0 Å². The van der Waals surface area contributed by atoms with E-state index in [4.69, 9.17) is 21.1 Å². The van der Waals surface area contributed by atoms with Gasteiger partial charge in [-0.1, -0.05) is 11.6 Å². The van der Waals surface area contributed by atoms with Gasteiger partial charge >= 0.3 is 6.09 Å². The lowest BCUT2D eigenvalue weighted by atomic mass is 9.81. The molecule has 1 fully saturated rings. The topological polar surface area (TPSA) is 59.0 Å². The number of ether oxygens (including phenoxy) is 2. The first-order chi connectivity index (χ1) is 11.5. The van der Waals surface area contributed by atoms with Crippen LogP contribution in [0.4, 0.5) is 4.79 Å². The number of thiophene rings is 1. The molecule has 1 spiro atoms. The fraction of sp³-hybridized carbons (Fsp3) is 0.722. The molecule has 3 rings (SSSR count). The van der Waals surface area contributed by atoms with Gasteiger partial charge in [-0.25, -0.2) is 4.79 Å². The third kappa shape index (κ3) is 3.42. The maximum atomic E-state index is 12.5. The summed E-state index contributed by atoms with van der Waals surface area (Å²) >= 11 is 7.84. The zero-order chi connectivity index (χ0) is 18.6. The zero-order valence-electron chi connectivity index (χ0n) is 15.4. The third-order valence-electron chi connectivity index (χ3n) is 4.94. The summed E-state index contributed by atoms with van der Waals surface area (Å²) in [7, 11) is 0. The molecule has 5 nitrogen and oxygen atoms in total. The summed E-state index contributed by atoms with van der Waals surface area (Å²) in [5.41, 5.74) is 0.871. The second kappa shape index (κ2) is 6.41. The number of amides is 1. The molecule has 0 saturated carbocycles. The standard InChI is InChI=1S/C18H26ClNO4S/c1-10-8-18(6-7-20(10)16(22)24-17(3,4)5)14-13(12(21)9-23-18)11(2)15(19)25-14/h10,12,21H,6-9H2,1-5H3/t10-,12?,18+/m0/s1. The number of hydrogen-bond acceptors (Lipinski definition) is 5. The molecule has 25 heavy (non-hydrogen) atoms. The average Bonchev–Trinajstić information content (AvgIpc) is 2.79. The molecule has 140 valence electrons. The Hall–Kier alpha value is -0.820. The Morgan fingerprint density at radius 1 is 1.48 bits per heavy atom. The summed E-state index contributed by atoms with van der Waals surface area (Å²) < 4.78 is 12.4. The molecule has 1 unspecified atom stereocenters. The van der Waals surface area contributed by atoms with Gasteiger partial charge < -0.3 is 19.5 Å². The Kier molecular flexibility index (Phi) is 4.86. The van der Waals surface area contributed by atoms with E-state index < -0.39 is 17.3 Å². The van der Waals surface area contributed by atoms with Gasteiger partial charge in [0, 0.05) is 29.4 Å². The van der Waals surface area contributed by atoms with Gasteiger partial charge in [0.05, 0.1) is 10.9 Å². The van der Waals surface area contributed by atoms with E-state index in [0.717, 1.165) is 16.0 Å². The van der Waals surface area contributed by atoms with Crippen molar-refractivity contribution in [1.29, 1.82) is 0 Å². The highest BCUT2D eigenvalue weighted by Gasteiger charge is 2.48. The molecular weight excluding hydrogens is 362 g/mol. The van der Waals surface area contributed by atoms with Gasteiger partial charge in [0.15, 0.2) is 0 Å². The molecule has 0 aliphatic carbocycles. The lowest BCUT2D eigenvalue weighted by Crippen LogP contribution is -2.53. The Balaban J connectivity index is 1.85. The van der Waals surface area contributed by atoms with Gasteiger partial charge in [-0.3, -0.25) is 0 Å². The fourth-order valence-electron chi connectivity index (χ4n) is 3.76. The summed E-state index contributed by atoms with van der Waals surface area (Å²) in [6, 6.07) is -0.0205. The number of halogens is 1. The Bertz CT molecular complexity index is 683. The number of hydrogen-bond donors (Lipinski definition) is 1. The van der Waals surface area contributed by atoms with E-state index in [2.05, 4.69) is 0 Å². The van der Waals surface area contributed by atoms with Crippen LogP contribution in [0.1, 0.15) is 62.6 Å². The van der Waals surface area contributed by atoms with Crippen molar-refractivity contribution in [1.82, 2.24) is 4.90 Å². The summed E-state index contributed by atoms with van der Waals surface area (Å²) in [4.78, 5) is 15.2. The van der Waals surface area contributed by atoms with Crippen molar-refractivity contribution in [2.75, 3.05) is 13.2 Å². The van der Waals surface area contributed by atoms with Gasteiger partial charge in [-0.15, -0.1) is 11.3 Å². The molecule has 7 heteroatoms. The SMILES string of the molecule is Cc1c(Cl)sc2c1C(O)CO[C@@]21CCN(C(=O)OC(C)(C)C)[C@@H](C)C1. The second-order valence-electron chi connectivity index (χ2n) is 8.04. The maximum Gasteiger partial charge on any atom is 0.410 e. The summed E-state index contributed by atoms with van der Waals surface area (Å²) in [6.45, 7) is 10.4. The number of piperidine rings is 1. The van der Waals surface area contributed by atoms with Crippen molar-refractivity contribution >= 4 is 29.0 Å². The van der Waals surface area contributed by atoms with Crippen LogP contribution in [0.25, 0.3) is 0 Å². The monoisotopic (exact) mass is 387 g/mol. The summed E-state index contributed by atoms with van der Waals surface area (Å²) in [5.74, 6) is 0. The molecule has 1 N–H and O–H groups in total. The molecular formula is C18H26ClNO4S. The Labute approximate surface area is 157 Å². The van der Waals surface area contributed by atoms with E-state index in [9.17, 15) is 9.90 Å². The first-order valence-electron chi connectivity index (χ1n) is 8.65. The minimum Gasteiger partial charge on any atom is -0.444 e. The van der Waals surface area contributed by atoms with Gasteiger partial charge in [-0.05, 0) is 46.6 Å². The molecule has 1 aromatic rings. The van der Waals surface area contributed by atoms with Crippen LogP contribution in [0.2, 0.25) is 4.34 Å². The predicted molar refractivity (Wildman–Crippen MR) is 98.3 cm³/mol. The molecule has 3 heterocycles. The quantitative estimate of drug-likeness (QED) is 0.717. The van der Waals surface area contributed by atoms with Gasteiger partial charge in [-0.2, -0.15) is 0 Å². The van der Waals surface area contributed by atoms with E-state index in [0.29, 0.717) is 23.7 Å². The minimum absolute atomic E-state index is 0.0205. The van der Waals surface area contributed by atoms with Crippen LogP contribution >= 0.6 is 22.9 Å². The lowest BCUT2D eigenvalue weighted by Gasteiger charge is -2.47. The van der Waals surface area contributed by atoms with Crippen molar-refractivity contribution in [3.05, 3.63) is 20.3 Å². The van der Waals surface area contributed by atoms with Crippen molar-refractivity contribution in [2.45, 2.75) is 70.8 Å². The van der Waals surface area contributed by atoms with E-state index in [1.807, 2.05) is 34.6 Å². The van der Waals surface area contributed by atoms with Crippen LogP contribution in [0.15, 0.2) is 0 Å². The normalized spacial score (nSPS) is 29.6. The van der Waals surface area contributed by atoms with Gasteiger partial charge in [0.25, 0.3) is 0 Å². The second-order valence-corrected chi connectivity index (χ2v) is 9.66. The van der Waals surface area contributed by atoms with Gasteiger partial charge in [0.1, 0.15) is 17.3 Å². The number of likely N-dealkylation sites (tertiary alicyclic amines) is 1. The molecule has 2 aliphatic rings.